The third-order valence-electron chi connectivity index (χ3n) is 15.3. The number of hydrogen-bond donors (Lipinski definition) is 11. The predicted molar refractivity (Wildman–Crippen MR) is 329 cm³/mol. The van der Waals surface area contributed by atoms with Crippen molar-refractivity contribution >= 4 is 47.2 Å². The zero-order valence-electron chi connectivity index (χ0n) is 51.7. The monoisotopic (exact) mass is 1220 g/mol. The molecule has 1 aromatic carbocycles. The number of phenolic OH excluding ortho intramolecular Hbond substituents is 1. The summed E-state index contributed by atoms with van der Waals surface area (Å²) in [4.78, 5) is 97.7. The van der Waals surface area contributed by atoms with Crippen LogP contribution in [0.4, 0.5) is 0 Å². The van der Waals surface area contributed by atoms with E-state index in [0.29, 0.717) is 64.0 Å². The Kier molecular flexibility index (Phi) is 44.7. The van der Waals surface area contributed by atoms with Gasteiger partial charge in [-0.15, -0.1) is 0 Å². The van der Waals surface area contributed by atoms with Gasteiger partial charge in [0.05, 0.1) is 64.3 Å². The number of primary amides is 1. The van der Waals surface area contributed by atoms with Crippen LogP contribution < -0.4 is 43.0 Å². The number of ether oxygens (including phenoxy) is 4. The topological polar surface area (TPSA) is 344 Å². The number of phenols is 1. The average Bonchev–Trinajstić information content (AvgIpc) is 3.55. The van der Waals surface area contributed by atoms with Gasteiger partial charge in [0.2, 0.25) is 35.4 Å². The fourth-order valence-electron chi connectivity index (χ4n) is 10.0. The van der Waals surface area contributed by atoms with Crippen LogP contribution in [0.3, 0.4) is 0 Å². The van der Waals surface area contributed by atoms with Crippen molar-refractivity contribution < 1.29 is 72.6 Å². The standard InChI is InChI=1S/C63H108N8O15/c1-48(72)53(71-63(82)51-28-24-50(25-29-51)44-70-57(75)22-17-15-13-11-9-7-5-3-4-6-8-10-12-14-16-18-23-61(79)80)32-33-58(76)67-35-37-83-39-42-86-47-60(78)68-36-38-84-40-41-85-46-59(77)66-34-20-19-21-54(65-2)56(74)45-69-55(62(64)81)43-49-26-30-52(73)31-27-49/h26-27,30-31,50-51,53-55,65,69,72-73H,1,3-25,28-29,32-47H2,2H3,(H2,64,81)(H,66,77)(H,67,76)(H,68,78)(H,70,75)(H,71,82)(H,79,80)/t50?,51?,53-,54-,55-/m0/s1. The minimum Gasteiger partial charge on any atom is -0.511 e. The molecule has 490 valence electrons. The van der Waals surface area contributed by atoms with E-state index in [9.17, 15) is 48.6 Å². The van der Waals surface area contributed by atoms with E-state index in [0.717, 1.165) is 56.9 Å². The Morgan fingerprint density at radius 3 is 1.55 bits per heavy atom. The molecule has 1 aromatic rings. The SMILES string of the molecule is C=C(O)[C@H](CCC(=O)NCCOCCOCC(=O)NCCOCCOCC(=O)NCCCC[C@H](NC)C(=O)CN[C@@H](Cc1ccc(O)cc1)C(N)=O)NC(=O)C1CCC(CNC(=O)CCCCCCCCCCCCCCCCCCC(=O)O)CC1. The van der Waals surface area contributed by atoms with Gasteiger partial charge in [-0.1, -0.05) is 109 Å². The number of unbranched alkanes of at least 4 members (excludes halogenated alkanes) is 16. The highest BCUT2D eigenvalue weighted by atomic mass is 16.5. The number of hydrogen-bond acceptors (Lipinski definition) is 16. The van der Waals surface area contributed by atoms with Crippen molar-refractivity contribution in [2.45, 2.75) is 198 Å². The van der Waals surface area contributed by atoms with E-state index in [-0.39, 0.29) is 144 Å². The van der Waals surface area contributed by atoms with E-state index >= 15 is 0 Å². The number of ketones is 1. The molecule has 0 unspecified atom stereocenters. The number of Topliss-reactive ketones (excluding diaryl/α,β-unsaturated/α-hetero) is 1. The molecule has 0 aromatic heterocycles. The summed E-state index contributed by atoms with van der Waals surface area (Å²) in [7, 11) is 1.69. The van der Waals surface area contributed by atoms with Crippen molar-refractivity contribution in [1.82, 2.24) is 37.2 Å². The molecule has 0 saturated heterocycles. The Bertz CT molecular complexity index is 2060. The molecule has 12 N–H and O–H groups in total. The van der Waals surface area contributed by atoms with E-state index in [2.05, 4.69) is 43.8 Å². The largest absolute Gasteiger partial charge is 0.511 e. The number of carboxylic acids is 1. The lowest BCUT2D eigenvalue weighted by Gasteiger charge is -2.29. The van der Waals surface area contributed by atoms with E-state index in [1.54, 1.807) is 19.2 Å². The van der Waals surface area contributed by atoms with Crippen LogP contribution in [0.5, 0.6) is 5.75 Å². The molecule has 0 heterocycles. The molecule has 3 atom stereocenters. The second kappa shape index (κ2) is 50.3. The highest BCUT2D eigenvalue weighted by Crippen LogP contribution is 2.29. The first-order chi connectivity index (χ1) is 41.6. The van der Waals surface area contributed by atoms with E-state index < -0.39 is 30.0 Å². The Balaban J connectivity index is 1.37. The zero-order chi connectivity index (χ0) is 62.8. The second-order valence-corrected chi connectivity index (χ2v) is 22.6. The summed E-state index contributed by atoms with van der Waals surface area (Å²) < 4.78 is 21.6. The number of rotatable bonds is 56. The summed E-state index contributed by atoms with van der Waals surface area (Å²) in [5.74, 6) is -2.35. The van der Waals surface area contributed by atoms with E-state index in [1.807, 2.05) is 0 Å². The Morgan fingerprint density at radius 1 is 0.547 bits per heavy atom. The first kappa shape index (κ1) is 76.4. The van der Waals surface area contributed by atoms with E-state index in [4.69, 9.17) is 29.8 Å². The fraction of sp³-hybridized carbons (Fsp3) is 0.746. The number of aliphatic hydroxyl groups is 1. The number of amides is 6. The number of nitrogens with two attached hydrogens (primary N) is 1. The summed E-state index contributed by atoms with van der Waals surface area (Å²) in [6.07, 6.45) is 25.0. The zero-order valence-corrected chi connectivity index (χ0v) is 51.7. The van der Waals surface area contributed by atoms with Gasteiger partial charge < -0.3 is 71.9 Å². The molecule has 0 radical (unpaired) electrons. The summed E-state index contributed by atoms with van der Waals surface area (Å²) in [6.45, 7) is 5.99. The Hall–Kier alpha value is -5.72. The molecule has 1 aliphatic rings. The minimum atomic E-state index is -0.758. The third kappa shape index (κ3) is 41.4. The predicted octanol–water partition coefficient (Wildman–Crippen LogP) is 5.49. The van der Waals surface area contributed by atoms with Crippen molar-refractivity contribution in [2.75, 3.05) is 92.6 Å². The summed E-state index contributed by atoms with van der Waals surface area (Å²) in [5, 5.41) is 48.5. The lowest BCUT2D eigenvalue weighted by atomic mass is 9.81. The smallest absolute Gasteiger partial charge is 0.303 e. The molecule has 1 aliphatic carbocycles. The molecule has 0 bridgehead atoms. The second-order valence-electron chi connectivity index (χ2n) is 22.6. The molecule has 0 aliphatic heterocycles. The number of aliphatic hydroxyl groups excluding tert-OH is 1. The van der Waals surface area contributed by atoms with Gasteiger partial charge in [-0.2, -0.15) is 0 Å². The maximum atomic E-state index is 13.1. The molecular formula is C63H108N8O15. The van der Waals surface area contributed by atoms with Crippen molar-refractivity contribution in [3.63, 3.8) is 0 Å². The molecule has 0 spiro atoms. The maximum absolute atomic E-state index is 13.1. The van der Waals surface area contributed by atoms with Crippen molar-refractivity contribution in [1.29, 1.82) is 0 Å². The van der Waals surface area contributed by atoms with Crippen LogP contribution in [0.25, 0.3) is 0 Å². The first-order valence-corrected chi connectivity index (χ1v) is 31.9. The van der Waals surface area contributed by atoms with E-state index in [1.165, 1.54) is 76.3 Å². The number of aromatic hydroxyl groups is 1. The molecular weight excluding hydrogens is 1110 g/mol. The Labute approximate surface area is 511 Å². The highest BCUT2D eigenvalue weighted by Gasteiger charge is 2.29. The Morgan fingerprint density at radius 2 is 1.03 bits per heavy atom. The lowest BCUT2D eigenvalue weighted by molar-refractivity contribution is -0.137. The van der Waals surface area contributed by atoms with Gasteiger partial charge in [-0.25, -0.2) is 0 Å². The van der Waals surface area contributed by atoms with Crippen LogP contribution >= 0.6 is 0 Å². The van der Waals surface area contributed by atoms with Crippen LogP contribution in [-0.4, -0.2) is 173 Å². The number of carbonyl (C=O) groups excluding carboxylic acids is 7. The lowest BCUT2D eigenvalue weighted by Crippen LogP contribution is -2.48. The number of likely N-dealkylation sites (N-methyl/N-ethyl adjacent to an activating group) is 1. The summed E-state index contributed by atoms with van der Waals surface area (Å²) in [6, 6.07) is 4.47. The van der Waals surface area contributed by atoms with Gasteiger partial charge in [0, 0.05) is 51.4 Å². The van der Waals surface area contributed by atoms with Gasteiger partial charge in [0.25, 0.3) is 0 Å². The normalized spacial score (nSPS) is 15.0. The van der Waals surface area contributed by atoms with Gasteiger partial charge in [-0.05, 0) is 101 Å². The molecule has 1 fully saturated rings. The number of benzene rings is 1. The van der Waals surface area contributed by atoms with Crippen LogP contribution in [-0.2, 0) is 63.7 Å². The molecule has 23 heteroatoms. The van der Waals surface area contributed by atoms with Crippen LogP contribution in [0.2, 0.25) is 0 Å². The van der Waals surface area contributed by atoms with Crippen molar-refractivity contribution in [3.8, 4) is 5.75 Å². The maximum Gasteiger partial charge on any atom is 0.303 e. The average molecular weight is 1220 g/mol. The number of aliphatic carboxylic acids is 1. The molecule has 23 nitrogen and oxygen atoms in total. The van der Waals surface area contributed by atoms with Gasteiger partial charge in [-0.3, -0.25) is 43.7 Å². The molecule has 1 saturated carbocycles. The van der Waals surface area contributed by atoms with Crippen LogP contribution in [0, 0.1) is 11.8 Å². The van der Waals surface area contributed by atoms with Gasteiger partial charge >= 0.3 is 5.97 Å². The third-order valence-corrected chi connectivity index (χ3v) is 15.3. The first-order valence-electron chi connectivity index (χ1n) is 31.9. The highest BCUT2D eigenvalue weighted by molar-refractivity contribution is 5.87. The van der Waals surface area contributed by atoms with Crippen molar-refractivity contribution in [2.24, 2.45) is 17.6 Å². The molecule has 2 rings (SSSR count). The molecule has 6 amide bonds. The number of carbonyl (C=O) groups is 8. The molecule has 86 heavy (non-hydrogen) atoms. The van der Waals surface area contributed by atoms with Gasteiger partial charge in [0.15, 0.2) is 5.78 Å². The van der Waals surface area contributed by atoms with Gasteiger partial charge in [0.1, 0.15) is 24.7 Å². The number of carboxylic acid groups (broad SMARTS) is 1. The van der Waals surface area contributed by atoms with Crippen LogP contribution in [0.1, 0.15) is 179 Å². The summed E-state index contributed by atoms with van der Waals surface area (Å²) in [5.41, 5.74) is 6.32. The fourth-order valence-corrected chi connectivity index (χ4v) is 10.0. The minimum absolute atomic E-state index is 0.0468. The quantitative estimate of drug-likeness (QED) is 0.0284. The number of nitrogens with one attached hydrogen (secondary N) is 7. The summed E-state index contributed by atoms with van der Waals surface area (Å²) >= 11 is 0. The van der Waals surface area contributed by atoms with Crippen molar-refractivity contribution in [3.05, 3.63) is 42.2 Å². The van der Waals surface area contributed by atoms with Crippen LogP contribution in [0.15, 0.2) is 36.6 Å².